The van der Waals surface area contributed by atoms with Crippen LogP contribution in [-0.2, 0) is 6.42 Å². The normalized spacial score (nSPS) is 9.80. The third kappa shape index (κ3) is 1.23. The zero-order valence-corrected chi connectivity index (χ0v) is 5.65. The van der Waals surface area contributed by atoms with Crippen molar-refractivity contribution in [1.29, 1.82) is 0 Å². The summed E-state index contributed by atoms with van der Waals surface area (Å²) in [7, 11) is 0. The average molecular weight is 141 g/mol. The summed E-state index contributed by atoms with van der Waals surface area (Å²) in [6.45, 7) is 1.83. The first-order valence-electron chi connectivity index (χ1n) is 3.11. The number of nitrogens with one attached hydrogen (secondary N) is 1. The van der Waals surface area contributed by atoms with Gasteiger partial charge >= 0.3 is 0 Å². The molecule has 1 N–H and O–H groups in total. The Bertz CT molecular complexity index is 279. The predicted octanol–water partition coefficient (Wildman–Crippen LogP) is 1.08. The van der Waals surface area contributed by atoms with Crippen LogP contribution < -0.4 is 5.56 Å². The predicted molar refractivity (Wildman–Crippen MR) is 36.4 cm³/mol. The first-order chi connectivity index (χ1) is 4.74. The molecule has 0 amide bonds. The maximum atomic E-state index is 12.6. The van der Waals surface area contributed by atoms with E-state index in [-0.39, 0.29) is 0 Å². The van der Waals surface area contributed by atoms with Crippen molar-refractivity contribution in [2.45, 2.75) is 13.3 Å². The van der Waals surface area contributed by atoms with Crippen LogP contribution in [0.5, 0.6) is 0 Å². The number of hydrogen-bond donors (Lipinski definition) is 1. The van der Waals surface area contributed by atoms with Gasteiger partial charge in [0.1, 0.15) is 0 Å². The highest BCUT2D eigenvalue weighted by Crippen LogP contribution is 1.99. The molecule has 0 unspecified atom stereocenters. The Morgan fingerprint density at radius 1 is 1.60 bits per heavy atom. The minimum absolute atomic E-state index is 0.394. The van der Waals surface area contributed by atoms with E-state index in [2.05, 4.69) is 4.98 Å². The summed E-state index contributed by atoms with van der Waals surface area (Å²) in [5, 5.41) is 0. The number of pyridine rings is 1. The Morgan fingerprint density at radius 3 is 2.80 bits per heavy atom. The molecule has 0 saturated carbocycles. The van der Waals surface area contributed by atoms with Crippen LogP contribution >= 0.6 is 0 Å². The van der Waals surface area contributed by atoms with Gasteiger partial charge in [-0.2, -0.15) is 4.39 Å². The lowest BCUT2D eigenvalue weighted by Gasteiger charge is -1.94. The van der Waals surface area contributed by atoms with Crippen molar-refractivity contribution in [3.8, 4) is 0 Å². The summed E-state index contributed by atoms with van der Waals surface area (Å²) in [4.78, 5) is 12.5. The fourth-order valence-electron chi connectivity index (χ4n) is 0.753. The molecule has 0 bridgehead atoms. The van der Waals surface area contributed by atoms with Crippen LogP contribution in [0.2, 0.25) is 0 Å². The molecule has 10 heavy (non-hydrogen) atoms. The molecule has 2 nitrogen and oxygen atoms in total. The maximum absolute atomic E-state index is 12.6. The topological polar surface area (TPSA) is 32.9 Å². The van der Waals surface area contributed by atoms with Crippen LogP contribution in [0.15, 0.2) is 16.9 Å². The molecule has 0 fully saturated rings. The SMILES string of the molecule is CCc1ccc(=O)[nH]c1F. The number of H-pyrrole nitrogens is 1. The molecule has 0 atom stereocenters. The van der Waals surface area contributed by atoms with Gasteiger partial charge in [-0.1, -0.05) is 6.92 Å². The Hall–Kier alpha value is -1.12. The summed E-state index contributed by atoms with van der Waals surface area (Å²) in [5.41, 5.74) is 0.148. The van der Waals surface area contributed by atoms with Gasteiger partial charge in [0.2, 0.25) is 5.56 Å². The zero-order chi connectivity index (χ0) is 7.56. The van der Waals surface area contributed by atoms with Crippen molar-refractivity contribution in [2.75, 3.05) is 0 Å². The number of aromatic nitrogens is 1. The molecule has 1 aromatic heterocycles. The summed E-state index contributed by atoms with van der Waals surface area (Å²) >= 11 is 0. The lowest BCUT2D eigenvalue weighted by molar-refractivity contribution is 0.564. The van der Waals surface area contributed by atoms with Crippen LogP contribution in [0, 0.1) is 5.95 Å². The second-order valence-electron chi connectivity index (χ2n) is 2.02. The monoisotopic (exact) mass is 141 g/mol. The highest BCUT2D eigenvalue weighted by Gasteiger charge is 1.97. The molecule has 1 rings (SSSR count). The van der Waals surface area contributed by atoms with Crippen LogP contribution in [-0.4, -0.2) is 4.98 Å². The fourth-order valence-corrected chi connectivity index (χ4v) is 0.753. The van der Waals surface area contributed by atoms with Gasteiger partial charge in [-0.15, -0.1) is 0 Å². The minimum atomic E-state index is -0.519. The molecule has 3 heteroatoms. The number of halogens is 1. The average Bonchev–Trinajstić information content (AvgIpc) is 1.88. The molecular formula is C7H8FNO. The van der Waals surface area contributed by atoms with Gasteiger partial charge in [0.15, 0.2) is 5.95 Å². The van der Waals surface area contributed by atoms with Crippen molar-refractivity contribution >= 4 is 0 Å². The highest BCUT2D eigenvalue weighted by atomic mass is 19.1. The van der Waals surface area contributed by atoms with Crippen molar-refractivity contribution < 1.29 is 4.39 Å². The van der Waals surface area contributed by atoms with Crippen molar-refractivity contribution in [1.82, 2.24) is 4.98 Å². The van der Waals surface area contributed by atoms with E-state index in [0.717, 1.165) is 0 Å². The van der Waals surface area contributed by atoms with E-state index in [1.165, 1.54) is 12.1 Å². The first-order valence-corrected chi connectivity index (χ1v) is 3.11. The summed E-state index contributed by atoms with van der Waals surface area (Å²) in [6.07, 6.45) is 0.600. The van der Waals surface area contributed by atoms with Crippen LogP contribution in [0.4, 0.5) is 4.39 Å². The molecule has 1 aromatic rings. The summed E-state index contributed by atoms with van der Waals surface area (Å²) in [5.74, 6) is -0.519. The summed E-state index contributed by atoms with van der Waals surface area (Å²) in [6, 6.07) is 2.82. The van der Waals surface area contributed by atoms with Gasteiger partial charge in [-0.25, -0.2) is 0 Å². The van der Waals surface area contributed by atoms with E-state index >= 15 is 0 Å². The van der Waals surface area contributed by atoms with Gasteiger partial charge < -0.3 is 0 Å². The van der Waals surface area contributed by atoms with Gasteiger partial charge in [0, 0.05) is 11.6 Å². The molecule has 1 heterocycles. The van der Waals surface area contributed by atoms with Gasteiger partial charge in [-0.3, -0.25) is 9.78 Å². The van der Waals surface area contributed by atoms with Gasteiger partial charge in [-0.05, 0) is 12.5 Å². The van der Waals surface area contributed by atoms with Crippen LogP contribution in [0.1, 0.15) is 12.5 Å². The molecule has 0 aliphatic rings. The van der Waals surface area contributed by atoms with Gasteiger partial charge in [0.25, 0.3) is 0 Å². The highest BCUT2D eigenvalue weighted by molar-refractivity contribution is 5.09. The van der Waals surface area contributed by atoms with Crippen molar-refractivity contribution in [3.05, 3.63) is 34.0 Å². The second kappa shape index (κ2) is 2.64. The first kappa shape index (κ1) is 6.99. The van der Waals surface area contributed by atoms with E-state index in [0.29, 0.717) is 12.0 Å². The van der Waals surface area contributed by atoms with Crippen LogP contribution in [0.3, 0.4) is 0 Å². The minimum Gasteiger partial charge on any atom is -0.299 e. The molecule has 0 aliphatic carbocycles. The quantitative estimate of drug-likeness (QED) is 0.583. The number of aryl methyl sites for hydroxylation is 1. The zero-order valence-electron chi connectivity index (χ0n) is 5.65. The maximum Gasteiger partial charge on any atom is 0.250 e. The van der Waals surface area contributed by atoms with E-state index < -0.39 is 11.5 Å². The lowest BCUT2D eigenvalue weighted by atomic mass is 10.2. The molecule has 0 spiro atoms. The largest absolute Gasteiger partial charge is 0.299 e. The number of aromatic amines is 1. The van der Waals surface area contributed by atoms with E-state index in [1.54, 1.807) is 0 Å². The van der Waals surface area contributed by atoms with Gasteiger partial charge in [0.05, 0.1) is 0 Å². The molecule has 54 valence electrons. The standard InChI is InChI=1S/C7H8FNO/c1-2-5-3-4-6(10)9-7(5)8/h3-4H,2H2,1H3,(H,9,10). The Kier molecular flexibility index (Phi) is 1.85. The third-order valence-corrected chi connectivity index (χ3v) is 1.33. The summed E-state index contributed by atoms with van der Waals surface area (Å²) < 4.78 is 12.6. The Morgan fingerprint density at radius 2 is 2.30 bits per heavy atom. The molecule has 0 aromatic carbocycles. The Balaban J connectivity index is 3.19. The van der Waals surface area contributed by atoms with E-state index in [1.807, 2.05) is 6.92 Å². The second-order valence-corrected chi connectivity index (χ2v) is 2.02. The molecule has 0 saturated heterocycles. The van der Waals surface area contributed by atoms with Crippen LogP contribution in [0.25, 0.3) is 0 Å². The Labute approximate surface area is 57.7 Å². The molecular weight excluding hydrogens is 133 g/mol. The number of hydrogen-bond acceptors (Lipinski definition) is 1. The lowest BCUT2D eigenvalue weighted by Crippen LogP contribution is -2.07. The molecule has 0 aliphatic heterocycles. The van der Waals surface area contributed by atoms with Crippen molar-refractivity contribution in [3.63, 3.8) is 0 Å². The molecule has 0 radical (unpaired) electrons. The van der Waals surface area contributed by atoms with E-state index in [9.17, 15) is 9.18 Å². The third-order valence-electron chi connectivity index (χ3n) is 1.33. The number of rotatable bonds is 1. The van der Waals surface area contributed by atoms with E-state index in [4.69, 9.17) is 0 Å². The fraction of sp³-hybridized carbons (Fsp3) is 0.286. The smallest absolute Gasteiger partial charge is 0.250 e. The van der Waals surface area contributed by atoms with Crippen molar-refractivity contribution in [2.24, 2.45) is 0 Å².